The van der Waals surface area contributed by atoms with Gasteiger partial charge in [0.25, 0.3) is 0 Å². The van der Waals surface area contributed by atoms with E-state index in [-0.39, 0.29) is 25.3 Å². The first-order valence-corrected chi connectivity index (χ1v) is 10.0. The zero-order valence-corrected chi connectivity index (χ0v) is 16.1. The van der Waals surface area contributed by atoms with E-state index in [9.17, 15) is 9.36 Å². The predicted octanol–water partition coefficient (Wildman–Crippen LogP) is 3.56. The molecule has 1 amide bonds. The second-order valence-electron chi connectivity index (χ2n) is 5.08. The Hall–Kier alpha value is 0.350. The van der Waals surface area contributed by atoms with Crippen molar-refractivity contribution in [2.45, 2.75) is 38.5 Å². The summed E-state index contributed by atoms with van der Waals surface area (Å²) in [6.07, 6.45) is -0.176. The van der Waals surface area contributed by atoms with Gasteiger partial charge in [-0.1, -0.05) is 43.4 Å². The van der Waals surface area contributed by atoms with Gasteiger partial charge >= 0.3 is 7.60 Å². The molecule has 0 saturated heterocycles. The Morgan fingerprint density at radius 3 is 2.00 bits per heavy atom. The van der Waals surface area contributed by atoms with Gasteiger partial charge in [0.15, 0.2) is 0 Å². The maximum Gasteiger partial charge on any atom is 0.340 e. The number of rotatable bonds is 10. The molecule has 0 aliphatic carbocycles. The van der Waals surface area contributed by atoms with Crippen molar-refractivity contribution in [2.24, 2.45) is 5.92 Å². The molecular formula is C13H27INO4P. The van der Waals surface area contributed by atoms with Gasteiger partial charge < -0.3 is 13.9 Å². The van der Waals surface area contributed by atoms with Gasteiger partial charge in [-0.15, -0.1) is 0 Å². The molecule has 0 aliphatic heterocycles. The van der Waals surface area contributed by atoms with Gasteiger partial charge in [0.2, 0.25) is 5.91 Å². The Morgan fingerprint density at radius 1 is 1.15 bits per heavy atom. The lowest BCUT2D eigenvalue weighted by molar-refractivity contribution is -0.129. The van der Waals surface area contributed by atoms with Gasteiger partial charge in [0.1, 0.15) is 6.16 Å². The third kappa shape index (κ3) is 8.60. The number of nitrogens with zero attached hydrogens (tertiary/aromatic N) is 1. The van der Waals surface area contributed by atoms with Crippen LogP contribution in [0.3, 0.4) is 0 Å². The second-order valence-corrected chi connectivity index (χ2v) is 9.26. The average Bonchev–Trinajstić information content (AvgIpc) is 2.26. The molecule has 0 aromatic rings. The summed E-state index contributed by atoms with van der Waals surface area (Å²) in [7, 11) is -3.31. The molecule has 20 heavy (non-hydrogen) atoms. The van der Waals surface area contributed by atoms with Crippen molar-refractivity contribution in [3.8, 4) is 0 Å². The molecule has 0 rings (SSSR count). The topological polar surface area (TPSA) is 55.8 Å². The standard InChI is InChI=1S/C13H27INO4P/c1-6-18-20(17,19-7-2)10-13(16)15(8-11(3)4)9-12(5)14/h11-12H,6-10H2,1-5H3. The minimum atomic E-state index is -3.31. The zero-order valence-electron chi connectivity index (χ0n) is 13.1. The first-order chi connectivity index (χ1) is 9.24. The third-order valence-corrected chi connectivity index (χ3v) is 4.75. The zero-order chi connectivity index (χ0) is 15.8. The first kappa shape index (κ1) is 20.3. The fraction of sp³-hybridized carbons (Fsp3) is 0.923. The summed E-state index contributed by atoms with van der Waals surface area (Å²) in [4.78, 5) is 14.1. The summed E-state index contributed by atoms with van der Waals surface area (Å²) in [6, 6.07) is 0. The highest BCUT2D eigenvalue weighted by Crippen LogP contribution is 2.48. The molecule has 0 aromatic heterocycles. The monoisotopic (exact) mass is 419 g/mol. The normalized spacial score (nSPS) is 13.6. The van der Waals surface area contributed by atoms with Gasteiger partial charge in [-0.3, -0.25) is 9.36 Å². The lowest BCUT2D eigenvalue weighted by Gasteiger charge is -2.27. The number of hydrogen-bond donors (Lipinski definition) is 0. The molecule has 0 aromatic carbocycles. The maximum atomic E-state index is 12.4. The SMILES string of the molecule is CCOP(=O)(CC(=O)N(CC(C)C)CC(C)I)OCC. The van der Waals surface area contributed by atoms with Crippen molar-refractivity contribution in [3.05, 3.63) is 0 Å². The molecule has 120 valence electrons. The number of amides is 1. The molecule has 0 heterocycles. The molecule has 0 spiro atoms. The molecule has 1 unspecified atom stereocenters. The van der Waals surface area contributed by atoms with E-state index in [4.69, 9.17) is 9.05 Å². The number of carbonyl (C=O) groups excluding carboxylic acids is 1. The van der Waals surface area contributed by atoms with Gasteiger partial charge in [-0.25, -0.2) is 0 Å². The van der Waals surface area contributed by atoms with Crippen LogP contribution in [0.2, 0.25) is 0 Å². The molecule has 0 bridgehead atoms. The highest BCUT2D eigenvalue weighted by Gasteiger charge is 2.30. The van der Waals surface area contributed by atoms with E-state index in [0.29, 0.717) is 22.9 Å². The van der Waals surface area contributed by atoms with E-state index in [0.717, 1.165) is 0 Å². The van der Waals surface area contributed by atoms with Crippen molar-refractivity contribution in [1.29, 1.82) is 0 Å². The van der Waals surface area contributed by atoms with Crippen LogP contribution in [0.15, 0.2) is 0 Å². The fourth-order valence-corrected chi connectivity index (χ4v) is 3.86. The molecule has 1 atom stereocenters. The summed E-state index contributed by atoms with van der Waals surface area (Å²) < 4.78 is 23.1. The van der Waals surface area contributed by atoms with Crippen LogP contribution >= 0.6 is 30.2 Å². The van der Waals surface area contributed by atoms with Crippen molar-refractivity contribution in [1.82, 2.24) is 4.90 Å². The molecule has 0 radical (unpaired) electrons. The minimum absolute atomic E-state index is 0.160. The summed E-state index contributed by atoms with van der Waals surface area (Å²) in [6.45, 7) is 11.5. The Labute approximate surface area is 136 Å². The maximum absolute atomic E-state index is 12.4. The van der Waals surface area contributed by atoms with Crippen molar-refractivity contribution >= 4 is 36.1 Å². The van der Waals surface area contributed by atoms with E-state index in [1.54, 1.807) is 18.7 Å². The molecule has 5 nitrogen and oxygen atoms in total. The van der Waals surface area contributed by atoms with E-state index < -0.39 is 7.60 Å². The van der Waals surface area contributed by atoms with Crippen LogP contribution in [0.5, 0.6) is 0 Å². The Balaban J connectivity index is 4.82. The number of carbonyl (C=O) groups is 1. The molecular weight excluding hydrogens is 392 g/mol. The Kier molecular flexibility index (Phi) is 10.3. The number of hydrogen-bond acceptors (Lipinski definition) is 4. The van der Waals surface area contributed by atoms with Crippen molar-refractivity contribution < 1.29 is 18.4 Å². The lowest BCUT2D eigenvalue weighted by Crippen LogP contribution is -2.39. The van der Waals surface area contributed by atoms with E-state index in [2.05, 4.69) is 36.4 Å². The second kappa shape index (κ2) is 10.1. The van der Waals surface area contributed by atoms with Crippen LogP contribution in [-0.4, -0.2) is 47.2 Å². The summed E-state index contributed by atoms with van der Waals surface area (Å²) in [5.41, 5.74) is 0. The summed E-state index contributed by atoms with van der Waals surface area (Å²) in [5.74, 6) is 0.208. The predicted molar refractivity (Wildman–Crippen MR) is 90.6 cm³/mol. The van der Waals surface area contributed by atoms with Gasteiger partial charge in [-0.2, -0.15) is 0 Å². The van der Waals surface area contributed by atoms with Crippen LogP contribution in [-0.2, 0) is 18.4 Å². The molecule has 0 saturated carbocycles. The molecule has 0 N–H and O–H groups in total. The summed E-state index contributed by atoms with van der Waals surface area (Å²) in [5, 5.41) is 0. The molecule has 7 heteroatoms. The number of halogens is 1. The van der Waals surface area contributed by atoms with Gasteiger partial charge in [0, 0.05) is 17.0 Å². The van der Waals surface area contributed by atoms with Crippen LogP contribution in [0.4, 0.5) is 0 Å². The molecule has 0 aliphatic rings. The van der Waals surface area contributed by atoms with Crippen LogP contribution in [0.25, 0.3) is 0 Å². The highest BCUT2D eigenvalue weighted by molar-refractivity contribution is 14.1. The van der Waals surface area contributed by atoms with E-state index in [1.807, 2.05) is 6.92 Å². The van der Waals surface area contributed by atoms with Crippen molar-refractivity contribution in [3.63, 3.8) is 0 Å². The third-order valence-electron chi connectivity index (χ3n) is 2.39. The highest BCUT2D eigenvalue weighted by atomic mass is 127. The largest absolute Gasteiger partial charge is 0.341 e. The van der Waals surface area contributed by atoms with Crippen LogP contribution < -0.4 is 0 Å². The minimum Gasteiger partial charge on any atom is -0.341 e. The van der Waals surface area contributed by atoms with Crippen LogP contribution in [0.1, 0.15) is 34.6 Å². The fourth-order valence-electron chi connectivity index (χ4n) is 1.81. The quantitative estimate of drug-likeness (QED) is 0.309. The molecule has 0 fully saturated rings. The Bertz CT molecular complexity index is 316. The Morgan fingerprint density at radius 2 is 1.65 bits per heavy atom. The van der Waals surface area contributed by atoms with Crippen molar-refractivity contribution in [2.75, 3.05) is 32.5 Å². The average molecular weight is 419 g/mol. The first-order valence-electron chi connectivity index (χ1n) is 7.04. The van der Waals surface area contributed by atoms with Gasteiger partial charge in [-0.05, 0) is 19.8 Å². The smallest absolute Gasteiger partial charge is 0.340 e. The van der Waals surface area contributed by atoms with E-state index >= 15 is 0 Å². The van der Waals surface area contributed by atoms with Gasteiger partial charge in [0.05, 0.1) is 13.2 Å². The van der Waals surface area contributed by atoms with Crippen LogP contribution in [0, 0.1) is 5.92 Å². The lowest BCUT2D eigenvalue weighted by atomic mass is 10.2. The van der Waals surface area contributed by atoms with E-state index in [1.165, 1.54) is 0 Å². The number of alkyl halides is 1. The summed E-state index contributed by atoms with van der Waals surface area (Å²) >= 11 is 2.28.